The van der Waals surface area contributed by atoms with Crippen molar-refractivity contribution in [3.05, 3.63) is 84.9 Å². The van der Waals surface area contributed by atoms with Crippen molar-refractivity contribution in [1.82, 2.24) is 0 Å². The molecule has 5 rings (SSSR count). The lowest BCUT2D eigenvalue weighted by atomic mass is 9.97. The summed E-state index contributed by atoms with van der Waals surface area (Å²) in [5.74, 6) is 0. The fourth-order valence-electron chi connectivity index (χ4n) is 3.32. The van der Waals surface area contributed by atoms with Gasteiger partial charge < -0.3 is 0 Å². The van der Waals surface area contributed by atoms with Gasteiger partial charge >= 0.3 is 0 Å². The molecule has 0 fully saturated rings. The van der Waals surface area contributed by atoms with Crippen LogP contribution in [0, 0.1) is 6.07 Å². The minimum atomic E-state index is 1.25. The van der Waals surface area contributed by atoms with Gasteiger partial charge in [-0.3, -0.25) is 0 Å². The van der Waals surface area contributed by atoms with Crippen molar-refractivity contribution in [2.24, 2.45) is 0 Å². The van der Waals surface area contributed by atoms with Crippen molar-refractivity contribution in [2.45, 2.75) is 0 Å². The molecular formula is C22H13. The maximum atomic E-state index is 3.16. The summed E-state index contributed by atoms with van der Waals surface area (Å²) < 4.78 is 0. The Morgan fingerprint density at radius 2 is 0.909 bits per heavy atom. The highest BCUT2D eigenvalue weighted by Crippen LogP contribution is 2.29. The van der Waals surface area contributed by atoms with Crippen molar-refractivity contribution in [3.63, 3.8) is 0 Å². The molecule has 22 heavy (non-hydrogen) atoms. The lowest BCUT2D eigenvalue weighted by Crippen LogP contribution is -1.80. The predicted octanol–water partition coefficient (Wildman–Crippen LogP) is 6.10. The zero-order valence-corrected chi connectivity index (χ0v) is 12.0. The van der Waals surface area contributed by atoms with E-state index in [1.54, 1.807) is 0 Å². The Kier molecular flexibility index (Phi) is 2.31. The fraction of sp³-hybridized carbons (Fsp3) is 0. The van der Waals surface area contributed by atoms with Crippen molar-refractivity contribution < 1.29 is 0 Å². The highest BCUT2D eigenvalue weighted by atomic mass is 14.1. The van der Waals surface area contributed by atoms with E-state index in [9.17, 15) is 0 Å². The Labute approximate surface area is 128 Å². The molecule has 0 bridgehead atoms. The Morgan fingerprint density at radius 1 is 0.455 bits per heavy atom. The lowest BCUT2D eigenvalue weighted by Gasteiger charge is -2.07. The molecule has 0 aliphatic heterocycles. The number of hydrogen-bond donors (Lipinski definition) is 0. The average molecular weight is 277 g/mol. The van der Waals surface area contributed by atoms with Gasteiger partial charge in [0.15, 0.2) is 0 Å². The molecule has 0 saturated heterocycles. The Bertz CT molecular complexity index is 982. The first-order valence-electron chi connectivity index (χ1n) is 7.53. The molecule has 1 radical (unpaired) electrons. The molecule has 0 N–H and O–H groups in total. The van der Waals surface area contributed by atoms with E-state index < -0.39 is 0 Å². The Morgan fingerprint density at radius 3 is 1.50 bits per heavy atom. The SMILES string of the molecule is [c]1ccc2cc3cc4cc5ccccc5cc4cc3cc2c1. The molecule has 0 aromatic heterocycles. The summed E-state index contributed by atoms with van der Waals surface area (Å²) in [6.07, 6.45) is 0. The molecular weight excluding hydrogens is 264 g/mol. The van der Waals surface area contributed by atoms with E-state index in [1.165, 1.54) is 43.1 Å². The van der Waals surface area contributed by atoms with Crippen LogP contribution in [0.15, 0.2) is 78.9 Å². The smallest absolute Gasteiger partial charge is 0.0171 e. The topological polar surface area (TPSA) is 0 Å². The summed E-state index contributed by atoms with van der Waals surface area (Å²) in [5.41, 5.74) is 0. The van der Waals surface area contributed by atoms with Gasteiger partial charge in [-0.15, -0.1) is 0 Å². The van der Waals surface area contributed by atoms with E-state index >= 15 is 0 Å². The van der Waals surface area contributed by atoms with Gasteiger partial charge in [-0.25, -0.2) is 0 Å². The maximum Gasteiger partial charge on any atom is -0.0171 e. The quantitative estimate of drug-likeness (QED) is 0.300. The van der Waals surface area contributed by atoms with Crippen LogP contribution in [0.2, 0.25) is 0 Å². The normalized spacial score (nSPS) is 11.6. The third-order valence-corrected chi connectivity index (χ3v) is 4.46. The summed E-state index contributed by atoms with van der Waals surface area (Å²) in [6.45, 7) is 0. The maximum absolute atomic E-state index is 3.16. The van der Waals surface area contributed by atoms with Gasteiger partial charge in [0.05, 0.1) is 0 Å². The average Bonchev–Trinajstić information content (AvgIpc) is 2.56. The lowest BCUT2D eigenvalue weighted by molar-refractivity contribution is 1.77. The summed E-state index contributed by atoms with van der Waals surface area (Å²) in [6, 6.07) is 31.6. The molecule has 101 valence electrons. The zero-order valence-electron chi connectivity index (χ0n) is 12.0. The van der Waals surface area contributed by atoms with Gasteiger partial charge in [-0.2, -0.15) is 0 Å². The molecule has 0 saturated carbocycles. The minimum absolute atomic E-state index is 1.25. The van der Waals surface area contributed by atoms with Crippen molar-refractivity contribution >= 4 is 43.1 Å². The zero-order chi connectivity index (χ0) is 14.5. The molecule has 0 heterocycles. The standard InChI is InChI=1S/C22H13/c1-2-6-16-10-20-14-22-12-18-8-4-3-7-17(18)11-21(22)13-19(20)9-15(16)5-1/h1-3,5-14H. The van der Waals surface area contributed by atoms with E-state index in [1.807, 2.05) is 6.07 Å². The van der Waals surface area contributed by atoms with E-state index in [4.69, 9.17) is 0 Å². The summed E-state index contributed by atoms with van der Waals surface area (Å²) in [5, 5.41) is 10.3. The van der Waals surface area contributed by atoms with Gasteiger partial charge in [0, 0.05) is 0 Å². The monoisotopic (exact) mass is 277 g/mol. The Hall–Kier alpha value is -2.86. The van der Waals surface area contributed by atoms with E-state index in [0.29, 0.717) is 0 Å². The van der Waals surface area contributed by atoms with Crippen LogP contribution in [0.4, 0.5) is 0 Å². The van der Waals surface area contributed by atoms with Crippen molar-refractivity contribution in [3.8, 4) is 0 Å². The van der Waals surface area contributed by atoms with Gasteiger partial charge in [-0.05, 0) is 91.6 Å². The van der Waals surface area contributed by atoms with Gasteiger partial charge in [0.1, 0.15) is 0 Å². The highest BCUT2D eigenvalue weighted by Gasteiger charge is 2.02. The number of fused-ring (bicyclic) bond motifs is 4. The van der Waals surface area contributed by atoms with Crippen LogP contribution in [0.5, 0.6) is 0 Å². The molecule has 5 aromatic carbocycles. The number of rotatable bonds is 0. The third-order valence-electron chi connectivity index (χ3n) is 4.46. The van der Waals surface area contributed by atoms with E-state index in [0.717, 1.165) is 0 Å². The van der Waals surface area contributed by atoms with Crippen LogP contribution >= 0.6 is 0 Å². The third kappa shape index (κ3) is 1.71. The number of hydrogen-bond acceptors (Lipinski definition) is 0. The van der Waals surface area contributed by atoms with E-state index in [-0.39, 0.29) is 0 Å². The molecule has 0 amide bonds. The van der Waals surface area contributed by atoms with Gasteiger partial charge in [0.25, 0.3) is 0 Å². The first kappa shape index (κ1) is 11.8. The second-order valence-corrected chi connectivity index (χ2v) is 5.87. The van der Waals surface area contributed by atoms with Crippen LogP contribution in [0.25, 0.3) is 43.1 Å². The fourth-order valence-corrected chi connectivity index (χ4v) is 3.32. The van der Waals surface area contributed by atoms with Gasteiger partial charge in [0.2, 0.25) is 0 Å². The Balaban J connectivity index is 1.93. The second-order valence-electron chi connectivity index (χ2n) is 5.87. The molecule has 0 unspecified atom stereocenters. The molecule has 0 aliphatic carbocycles. The first-order valence-corrected chi connectivity index (χ1v) is 7.53. The number of benzene rings is 5. The van der Waals surface area contributed by atoms with Crippen LogP contribution in [-0.2, 0) is 0 Å². The second kappa shape index (κ2) is 4.32. The van der Waals surface area contributed by atoms with Crippen molar-refractivity contribution in [1.29, 1.82) is 0 Å². The van der Waals surface area contributed by atoms with Crippen LogP contribution in [0.3, 0.4) is 0 Å². The van der Waals surface area contributed by atoms with Gasteiger partial charge in [-0.1, -0.05) is 36.4 Å². The highest BCUT2D eigenvalue weighted by molar-refractivity contribution is 6.08. The molecule has 0 spiro atoms. The van der Waals surface area contributed by atoms with Crippen LogP contribution in [-0.4, -0.2) is 0 Å². The molecule has 0 atom stereocenters. The minimum Gasteiger partial charge on any atom is -0.0616 e. The molecule has 0 heteroatoms. The van der Waals surface area contributed by atoms with Crippen molar-refractivity contribution in [2.75, 3.05) is 0 Å². The largest absolute Gasteiger partial charge is 0.0616 e. The molecule has 5 aromatic rings. The molecule has 0 nitrogen and oxygen atoms in total. The van der Waals surface area contributed by atoms with Crippen LogP contribution < -0.4 is 0 Å². The predicted molar refractivity (Wildman–Crippen MR) is 95.3 cm³/mol. The van der Waals surface area contributed by atoms with E-state index in [2.05, 4.69) is 78.9 Å². The van der Waals surface area contributed by atoms with Crippen LogP contribution in [0.1, 0.15) is 0 Å². The first-order chi connectivity index (χ1) is 10.9. The summed E-state index contributed by atoms with van der Waals surface area (Å²) >= 11 is 0. The summed E-state index contributed by atoms with van der Waals surface area (Å²) in [7, 11) is 0. The molecule has 0 aliphatic rings. The summed E-state index contributed by atoms with van der Waals surface area (Å²) in [4.78, 5) is 0.